The number of pyridine rings is 1. The van der Waals surface area contributed by atoms with Crippen LogP contribution in [-0.4, -0.2) is 92.7 Å². The van der Waals surface area contributed by atoms with Gasteiger partial charge in [-0.1, -0.05) is 23.7 Å². The van der Waals surface area contributed by atoms with Crippen LogP contribution >= 0.6 is 11.6 Å². The van der Waals surface area contributed by atoms with E-state index in [-0.39, 0.29) is 11.9 Å². The van der Waals surface area contributed by atoms with Crippen LogP contribution in [0.4, 0.5) is 4.79 Å². The van der Waals surface area contributed by atoms with Crippen molar-refractivity contribution < 1.29 is 19.1 Å². The molecule has 1 unspecified atom stereocenters. The Morgan fingerprint density at radius 1 is 1.09 bits per heavy atom. The van der Waals surface area contributed by atoms with E-state index in [2.05, 4.69) is 14.5 Å². The summed E-state index contributed by atoms with van der Waals surface area (Å²) < 4.78 is 13.7. The zero-order chi connectivity index (χ0) is 31.4. The molecule has 5 rings (SSSR count). The number of imidazole rings is 1. The monoisotopic (exact) mass is 622 g/mol. The van der Waals surface area contributed by atoms with Crippen LogP contribution in [0.3, 0.4) is 0 Å². The first-order valence-electron chi connectivity index (χ1n) is 15.3. The fourth-order valence-electron chi connectivity index (χ4n) is 6.28. The minimum absolute atomic E-state index is 0.0603. The van der Waals surface area contributed by atoms with Crippen LogP contribution in [0.2, 0.25) is 5.02 Å². The van der Waals surface area contributed by atoms with Crippen molar-refractivity contribution in [2.75, 3.05) is 39.8 Å². The number of aromatic nitrogens is 3. The maximum Gasteiger partial charge on any atom is 0.411 e. The molecule has 2 saturated heterocycles. The van der Waals surface area contributed by atoms with Gasteiger partial charge in [0.25, 0.3) is 0 Å². The number of ether oxygens (including phenoxy) is 2. The molecular weight excluding hydrogens is 580 g/mol. The summed E-state index contributed by atoms with van der Waals surface area (Å²) in [6.07, 6.45) is 7.11. The lowest BCUT2D eigenvalue weighted by Crippen LogP contribution is -2.63. The van der Waals surface area contributed by atoms with Gasteiger partial charge in [0.1, 0.15) is 17.4 Å². The summed E-state index contributed by atoms with van der Waals surface area (Å²) in [4.78, 5) is 42.8. The van der Waals surface area contributed by atoms with E-state index in [4.69, 9.17) is 26.1 Å². The first kappa shape index (κ1) is 31.8. The number of piperidine rings is 1. The molecule has 0 radical (unpaired) electrons. The van der Waals surface area contributed by atoms with Crippen molar-refractivity contribution in [3.05, 3.63) is 77.1 Å². The Labute approximate surface area is 264 Å². The molecule has 3 atom stereocenters. The van der Waals surface area contributed by atoms with E-state index in [9.17, 15) is 9.59 Å². The van der Waals surface area contributed by atoms with E-state index < -0.39 is 17.7 Å². The van der Waals surface area contributed by atoms with Gasteiger partial charge >= 0.3 is 6.09 Å². The highest BCUT2D eigenvalue weighted by molar-refractivity contribution is 6.30. The van der Waals surface area contributed by atoms with Crippen LogP contribution in [0, 0.1) is 12.8 Å². The van der Waals surface area contributed by atoms with Crippen LogP contribution in [0.15, 0.2) is 55.1 Å². The second-order valence-electron chi connectivity index (χ2n) is 12.7. The number of carbonyl (C=O) groups excluding carboxylic acids is 2. The molecule has 0 aliphatic carbocycles. The second kappa shape index (κ2) is 13.6. The van der Waals surface area contributed by atoms with Gasteiger partial charge in [0.15, 0.2) is 0 Å². The smallest absolute Gasteiger partial charge is 0.411 e. The minimum Gasteiger partial charge on any atom is -0.496 e. The predicted molar refractivity (Wildman–Crippen MR) is 169 cm³/mol. The zero-order valence-corrected chi connectivity index (χ0v) is 27.0. The first-order chi connectivity index (χ1) is 21.0. The van der Waals surface area contributed by atoms with E-state index in [1.54, 1.807) is 24.3 Å². The molecular formula is C33H43ClN6O4. The number of piperazine rings is 1. The molecule has 2 fully saturated rings. The topological polar surface area (TPSA) is 93.0 Å². The van der Waals surface area contributed by atoms with E-state index in [0.29, 0.717) is 49.4 Å². The molecule has 2 amide bonds. The molecule has 10 nitrogen and oxygen atoms in total. The van der Waals surface area contributed by atoms with Crippen molar-refractivity contribution in [3.8, 4) is 5.75 Å². The molecule has 0 bridgehead atoms. The lowest BCUT2D eigenvalue weighted by molar-refractivity contribution is -0.141. The van der Waals surface area contributed by atoms with Gasteiger partial charge < -0.3 is 18.9 Å². The normalized spacial score (nSPS) is 20.3. The van der Waals surface area contributed by atoms with Crippen molar-refractivity contribution in [2.24, 2.45) is 5.92 Å². The Bertz CT molecular complexity index is 1440. The molecule has 0 saturated carbocycles. The van der Waals surface area contributed by atoms with Crippen molar-refractivity contribution >= 4 is 23.6 Å². The maximum absolute atomic E-state index is 14.4. The number of hydrogen-bond acceptors (Lipinski definition) is 7. The van der Waals surface area contributed by atoms with Gasteiger partial charge in [-0.05, 0) is 70.7 Å². The highest BCUT2D eigenvalue weighted by Crippen LogP contribution is 2.37. The first-order valence-corrected chi connectivity index (χ1v) is 15.7. The van der Waals surface area contributed by atoms with Crippen molar-refractivity contribution in [1.29, 1.82) is 0 Å². The van der Waals surface area contributed by atoms with Gasteiger partial charge in [0, 0.05) is 62.2 Å². The molecule has 44 heavy (non-hydrogen) atoms. The number of benzene rings is 1. The van der Waals surface area contributed by atoms with E-state index in [1.807, 2.05) is 75.5 Å². The van der Waals surface area contributed by atoms with Gasteiger partial charge in [-0.15, -0.1) is 0 Å². The highest BCUT2D eigenvalue weighted by atomic mass is 35.5. The molecule has 2 aliphatic rings. The number of halogens is 1. The van der Waals surface area contributed by atoms with Crippen LogP contribution in [0.1, 0.15) is 56.6 Å². The SMILES string of the molecule is COc1cc(Cl)ccc1[C@H](c1ccccn1)N1CCN(C(=O)OC(C)(C)C)C(C(=O)N2CCC[C@@H](Cn3cnc(C)c3)C2)C1. The Kier molecular flexibility index (Phi) is 9.80. The van der Waals surface area contributed by atoms with Crippen LogP contribution < -0.4 is 4.74 Å². The lowest BCUT2D eigenvalue weighted by atomic mass is 9.95. The highest BCUT2D eigenvalue weighted by Gasteiger charge is 2.43. The fraction of sp³-hybridized carbons (Fsp3) is 0.515. The quantitative estimate of drug-likeness (QED) is 0.358. The lowest BCUT2D eigenvalue weighted by Gasteiger charge is -2.45. The maximum atomic E-state index is 14.4. The summed E-state index contributed by atoms with van der Waals surface area (Å²) in [5, 5.41) is 0.568. The molecule has 0 spiro atoms. The average molecular weight is 623 g/mol. The predicted octanol–water partition coefficient (Wildman–Crippen LogP) is 5.20. The third-order valence-electron chi connectivity index (χ3n) is 8.21. The van der Waals surface area contributed by atoms with Gasteiger partial charge in [-0.3, -0.25) is 19.6 Å². The van der Waals surface area contributed by atoms with Crippen molar-refractivity contribution in [1.82, 2.24) is 29.2 Å². The number of amides is 2. The Morgan fingerprint density at radius 3 is 2.59 bits per heavy atom. The molecule has 236 valence electrons. The summed E-state index contributed by atoms with van der Waals surface area (Å²) in [6, 6.07) is 10.3. The number of aryl methyl sites for hydroxylation is 1. The molecule has 11 heteroatoms. The molecule has 2 aromatic heterocycles. The number of nitrogens with zero attached hydrogens (tertiary/aromatic N) is 6. The molecule has 1 aromatic carbocycles. The van der Waals surface area contributed by atoms with Gasteiger partial charge in [0.2, 0.25) is 5.91 Å². The Morgan fingerprint density at radius 2 is 1.91 bits per heavy atom. The average Bonchev–Trinajstić information content (AvgIpc) is 3.41. The Balaban J connectivity index is 1.45. The minimum atomic E-state index is -0.725. The van der Waals surface area contributed by atoms with E-state index in [0.717, 1.165) is 36.3 Å². The van der Waals surface area contributed by atoms with Crippen LogP contribution in [0.5, 0.6) is 5.75 Å². The molecule has 4 heterocycles. The van der Waals surface area contributed by atoms with Gasteiger partial charge in [-0.25, -0.2) is 9.78 Å². The van der Waals surface area contributed by atoms with Gasteiger partial charge in [0.05, 0.1) is 30.9 Å². The number of carbonyl (C=O) groups is 2. The summed E-state index contributed by atoms with van der Waals surface area (Å²) in [7, 11) is 1.62. The number of rotatable bonds is 7. The largest absolute Gasteiger partial charge is 0.496 e. The van der Waals surface area contributed by atoms with Crippen LogP contribution in [0.25, 0.3) is 0 Å². The van der Waals surface area contributed by atoms with E-state index in [1.165, 1.54) is 0 Å². The van der Waals surface area contributed by atoms with Crippen molar-refractivity contribution in [2.45, 2.75) is 64.8 Å². The van der Waals surface area contributed by atoms with Crippen molar-refractivity contribution in [3.63, 3.8) is 0 Å². The van der Waals surface area contributed by atoms with Crippen LogP contribution in [-0.2, 0) is 16.1 Å². The standard InChI is InChI=1S/C33H43ClN6O4/c1-23-18-37(22-36-23)19-24-9-8-14-39(20-24)31(41)28-21-38(15-16-40(28)32(42)44-33(2,3)4)30(27-10-6-7-13-35-27)26-12-11-25(34)17-29(26)43-5/h6-7,10-13,17-18,22,24,28,30H,8-9,14-16,19-21H2,1-5H3/t24-,28?,30+/m0/s1. The summed E-state index contributed by atoms with van der Waals surface area (Å²) in [5.41, 5.74) is 2.00. The number of likely N-dealkylation sites (tertiary alicyclic amines) is 1. The molecule has 2 aliphatic heterocycles. The Hall–Kier alpha value is -3.63. The summed E-state index contributed by atoms with van der Waals surface area (Å²) in [6.45, 7) is 10.7. The number of hydrogen-bond donors (Lipinski definition) is 0. The fourth-order valence-corrected chi connectivity index (χ4v) is 6.44. The molecule has 0 N–H and O–H groups in total. The number of methoxy groups -OCH3 is 1. The third-order valence-corrected chi connectivity index (χ3v) is 8.45. The third kappa shape index (κ3) is 7.53. The summed E-state index contributed by atoms with van der Waals surface area (Å²) in [5.74, 6) is 0.879. The summed E-state index contributed by atoms with van der Waals surface area (Å²) >= 11 is 6.33. The van der Waals surface area contributed by atoms with E-state index >= 15 is 0 Å². The molecule has 3 aromatic rings. The second-order valence-corrected chi connectivity index (χ2v) is 13.2. The van der Waals surface area contributed by atoms with Gasteiger partial charge in [-0.2, -0.15) is 0 Å². The zero-order valence-electron chi connectivity index (χ0n) is 26.3.